The van der Waals surface area contributed by atoms with Crippen LogP contribution in [0.15, 0.2) is 12.1 Å². The molecule has 0 saturated carbocycles. The summed E-state index contributed by atoms with van der Waals surface area (Å²) in [7, 11) is 1.66. The topological polar surface area (TPSA) is 67.8 Å². The van der Waals surface area contributed by atoms with Crippen LogP contribution in [0, 0.1) is 0 Å². The number of phenols is 1. The molecule has 2 N–H and O–H groups in total. The van der Waals surface area contributed by atoms with Crippen molar-refractivity contribution >= 4 is 5.78 Å². The zero-order valence-corrected chi connectivity index (χ0v) is 8.24. The van der Waals surface area contributed by atoms with Gasteiger partial charge in [0, 0.05) is 0 Å². The zero-order valence-electron chi connectivity index (χ0n) is 8.24. The first-order valence-corrected chi connectivity index (χ1v) is 4.53. The molecule has 0 radical (unpaired) electrons. The van der Waals surface area contributed by atoms with Gasteiger partial charge in [-0.2, -0.15) is 0 Å². The molecule has 0 bridgehead atoms. The number of hydrogen-bond donors (Lipinski definition) is 2. The molecule has 80 valence electrons. The Labute approximate surface area is 86.6 Å². The van der Waals surface area contributed by atoms with Gasteiger partial charge < -0.3 is 19.9 Å². The van der Waals surface area contributed by atoms with Crippen molar-refractivity contribution in [1.82, 2.24) is 5.32 Å². The molecule has 1 heterocycles. The fourth-order valence-corrected chi connectivity index (χ4v) is 1.48. The molecule has 1 aromatic rings. The third-order valence-electron chi connectivity index (χ3n) is 2.13. The Morgan fingerprint density at radius 2 is 2.33 bits per heavy atom. The number of phenolic OH excluding ortho intramolecular Hbond substituents is 1. The third kappa shape index (κ3) is 1.61. The minimum atomic E-state index is -0.225. The van der Waals surface area contributed by atoms with E-state index in [0.29, 0.717) is 11.5 Å². The molecule has 0 spiro atoms. The largest absolute Gasteiger partial charge is 0.507 e. The number of Topliss-reactive ketones (excluding diaryl/α,β-unsaturated/α-hetero) is 1. The van der Waals surface area contributed by atoms with E-state index in [1.165, 1.54) is 6.07 Å². The van der Waals surface area contributed by atoms with Gasteiger partial charge >= 0.3 is 0 Å². The van der Waals surface area contributed by atoms with Crippen molar-refractivity contribution in [3.05, 3.63) is 17.7 Å². The van der Waals surface area contributed by atoms with Gasteiger partial charge in [-0.1, -0.05) is 0 Å². The number of ether oxygens (including phenoxy) is 2. The summed E-state index contributed by atoms with van der Waals surface area (Å²) in [6, 6.07) is 3.00. The van der Waals surface area contributed by atoms with Gasteiger partial charge in [-0.25, -0.2) is 0 Å². The number of carbonyl (C=O) groups is 1. The van der Waals surface area contributed by atoms with Crippen molar-refractivity contribution in [1.29, 1.82) is 0 Å². The number of likely N-dealkylation sites (N-methyl/N-ethyl adjacent to an activating group) is 1. The molecular weight excluding hydrogens is 198 g/mol. The van der Waals surface area contributed by atoms with Crippen molar-refractivity contribution in [2.24, 2.45) is 0 Å². The fourth-order valence-electron chi connectivity index (χ4n) is 1.48. The Kier molecular flexibility index (Phi) is 2.47. The first-order valence-electron chi connectivity index (χ1n) is 4.53. The van der Waals surface area contributed by atoms with Gasteiger partial charge in [0.25, 0.3) is 0 Å². The molecule has 0 unspecified atom stereocenters. The lowest BCUT2D eigenvalue weighted by molar-refractivity contribution is 0.0986. The summed E-state index contributed by atoms with van der Waals surface area (Å²) in [5, 5.41) is 12.3. The number of benzene rings is 1. The third-order valence-corrected chi connectivity index (χ3v) is 2.13. The SMILES string of the molecule is CNCC(=O)c1c(O)ccc2c1OCO2. The van der Waals surface area contributed by atoms with Crippen LogP contribution in [-0.4, -0.2) is 31.3 Å². The van der Waals surface area contributed by atoms with E-state index in [9.17, 15) is 9.90 Å². The molecule has 5 heteroatoms. The highest BCUT2D eigenvalue weighted by atomic mass is 16.7. The van der Waals surface area contributed by atoms with Crippen molar-refractivity contribution in [3.8, 4) is 17.2 Å². The maximum absolute atomic E-state index is 11.7. The predicted octanol–water partition coefficient (Wildman–Crippen LogP) is 0.523. The summed E-state index contributed by atoms with van der Waals surface area (Å²) in [5.41, 5.74) is 0.180. The zero-order chi connectivity index (χ0) is 10.8. The molecule has 0 fully saturated rings. The van der Waals surface area contributed by atoms with E-state index >= 15 is 0 Å². The van der Waals surface area contributed by atoms with Gasteiger partial charge in [0.2, 0.25) is 6.79 Å². The molecule has 0 amide bonds. The second-order valence-electron chi connectivity index (χ2n) is 3.15. The number of carbonyl (C=O) groups excluding carboxylic acids is 1. The molecule has 0 aromatic heterocycles. The number of hydrogen-bond acceptors (Lipinski definition) is 5. The molecule has 5 nitrogen and oxygen atoms in total. The number of ketones is 1. The van der Waals surface area contributed by atoms with Crippen molar-refractivity contribution in [2.45, 2.75) is 0 Å². The van der Waals surface area contributed by atoms with Crippen LogP contribution >= 0.6 is 0 Å². The first-order chi connectivity index (χ1) is 7.24. The van der Waals surface area contributed by atoms with Crippen LogP contribution in [0.1, 0.15) is 10.4 Å². The molecule has 1 aromatic carbocycles. The molecule has 0 saturated heterocycles. The van der Waals surface area contributed by atoms with Crippen LogP contribution in [0.5, 0.6) is 17.2 Å². The molecule has 15 heavy (non-hydrogen) atoms. The Balaban J connectivity index is 2.45. The minimum Gasteiger partial charge on any atom is -0.507 e. The van der Waals surface area contributed by atoms with Gasteiger partial charge in [-0.15, -0.1) is 0 Å². The van der Waals surface area contributed by atoms with E-state index in [0.717, 1.165) is 0 Å². The Hall–Kier alpha value is -1.75. The summed E-state index contributed by atoms with van der Waals surface area (Å²) in [6.45, 7) is 0.228. The highest BCUT2D eigenvalue weighted by Crippen LogP contribution is 2.40. The van der Waals surface area contributed by atoms with E-state index in [-0.39, 0.29) is 30.4 Å². The van der Waals surface area contributed by atoms with Gasteiger partial charge in [0.05, 0.1) is 6.54 Å². The molecular formula is C10H11NO4. The van der Waals surface area contributed by atoms with E-state index in [2.05, 4.69) is 5.32 Å². The number of aromatic hydroxyl groups is 1. The quantitative estimate of drug-likeness (QED) is 0.710. The van der Waals surface area contributed by atoms with Gasteiger partial charge in [0.15, 0.2) is 17.3 Å². The summed E-state index contributed by atoms with van der Waals surface area (Å²) in [4.78, 5) is 11.7. The van der Waals surface area contributed by atoms with Gasteiger partial charge in [-0.3, -0.25) is 4.79 Å². The highest BCUT2D eigenvalue weighted by Gasteiger charge is 2.24. The van der Waals surface area contributed by atoms with E-state index < -0.39 is 0 Å². The standard InChI is InChI=1S/C10H11NO4/c1-11-4-7(13)9-6(12)2-3-8-10(9)15-5-14-8/h2-3,11-12H,4-5H2,1H3. The molecule has 1 aliphatic heterocycles. The second kappa shape index (κ2) is 3.78. The molecule has 2 rings (SSSR count). The Morgan fingerprint density at radius 3 is 3.07 bits per heavy atom. The molecule has 1 aliphatic rings. The normalized spacial score (nSPS) is 12.9. The Bertz CT molecular complexity index is 403. The lowest BCUT2D eigenvalue weighted by Gasteiger charge is -2.06. The smallest absolute Gasteiger partial charge is 0.231 e. The second-order valence-corrected chi connectivity index (χ2v) is 3.15. The number of rotatable bonds is 3. The van der Waals surface area contributed by atoms with Crippen LogP contribution in [0.3, 0.4) is 0 Å². The first kappa shape index (κ1) is 9.79. The highest BCUT2D eigenvalue weighted by molar-refractivity contribution is 6.03. The average Bonchev–Trinajstić information content (AvgIpc) is 2.65. The van der Waals surface area contributed by atoms with Crippen LogP contribution in [0.4, 0.5) is 0 Å². The lowest BCUT2D eigenvalue weighted by Crippen LogP contribution is -2.19. The van der Waals surface area contributed by atoms with Crippen molar-refractivity contribution in [3.63, 3.8) is 0 Å². The van der Waals surface area contributed by atoms with Crippen molar-refractivity contribution < 1.29 is 19.4 Å². The number of fused-ring (bicyclic) bond motifs is 1. The molecule has 0 atom stereocenters. The summed E-state index contributed by atoms with van der Waals surface area (Å²) in [6.07, 6.45) is 0. The monoisotopic (exact) mass is 209 g/mol. The van der Waals surface area contributed by atoms with E-state index in [1.807, 2.05) is 0 Å². The maximum atomic E-state index is 11.7. The fraction of sp³-hybridized carbons (Fsp3) is 0.300. The summed E-state index contributed by atoms with van der Waals surface area (Å²) in [5.74, 6) is 0.513. The lowest BCUT2D eigenvalue weighted by atomic mass is 10.1. The van der Waals surface area contributed by atoms with Gasteiger partial charge in [0.1, 0.15) is 11.3 Å². The van der Waals surface area contributed by atoms with Gasteiger partial charge in [-0.05, 0) is 19.2 Å². The van der Waals surface area contributed by atoms with Crippen LogP contribution in [0.2, 0.25) is 0 Å². The summed E-state index contributed by atoms with van der Waals surface area (Å²) >= 11 is 0. The summed E-state index contributed by atoms with van der Waals surface area (Å²) < 4.78 is 10.3. The average molecular weight is 209 g/mol. The minimum absolute atomic E-state index is 0.0820. The maximum Gasteiger partial charge on any atom is 0.231 e. The predicted molar refractivity (Wildman–Crippen MR) is 52.5 cm³/mol. The number of nitrogens with one attached hydrogen (secondary N) is 1. The van der Waals surface area contributed by atoms with Crippen LogP contribution < -0.4 is 14.8 Å². The Morgan fingerprint density at radius 1 is 1.53 bits per heavy atom. The van der Waals surface area contributed by atoms with E-state index in [1.54, 1.807) is 13.1 Å². The van der Waals surface area contributed by atoms with E-state index in [4.69, 9.17) is 9.47 Å². The van der Waals surface area contributed by atoms with Crippen molar-refractivity contribution in [2.75, 3.05) is 20.4 Å². The van der Waals surface area contributed by atoms with Crippen LogP contribution in [-0.2, 0) is 0 Å². The molecule has 0 aliphatic carbocycles. The van der Waals surface area contributed by atoms with Crippen LogP contribution in [0.25, 0.3) is 0 Å².